The van der Waals surface area contributed by atoms with Crippen molar-refractivity contribution in [2.75, 3.05) is 20.2 Å². The second-order valence-electron chi connectivity index (χ2n) is 3.46. The molecule has 17 heavy (non-hydrogen) atoms. The number of aromatic nitrogens is 1. The molecule has 0 aliphatic rings. The summed E-state index contributed by atoms with van der Waals surface area (Å²) in [7, 11) is 1.34. The van der Waals surface area contributed by atoms with E-state index in [1.807, 2.05) is 13.8 Å². The molecule has 0 fully saturated rings. The SMILES string of the molecule is CCN(CCC(=O)OC)C(=O)c1csc(C)n1. The lowest BCUT2D eigenvalue weighted by atomic mass is 10.3. The van der Waals surface area contributed by atoms with Crippen LogP contribution in [0.1, 0.15) is 28.8 Å². The summed E-state index contributed by atoms with van der Waals surface area (Å²) in [5.41, 5.74) is 0.444. The number of ether oxygens (including phenoxy) is 1. The van der Waals surface area contributed by atoms with Crippen molar-refractivity contribution in [3.05, 3.63) is 16.1 Å². The summed E-state index contributed by atoms with van der Waals surface area (Å²) in [4.78, 5) is 28.8. The summed E-state index contributed by atoms with van der Waals surface area (Å²) in [6, 6.07) is 0. The summed E-state index contributed by atoms with van der Waals surface area (Å²) in [6.45, 7) is 4.63. The molecule has 1 rings (SSSR count). The molecule has 1 aromatic rings. The zero-order valence-electron chi connectivity index (χ0n) is 10.2. The van der Waals surface area contributed by atoms with Gasteiger partial charge in [0.2, 0.25) is 0 Å². The molecular weight excluding hydrogens is 240 g/mol. The molecular formula is C11H16N2O3S. The first-order valence-electron chi connectivity index (χ1n) is 5.36. The van der Waals surface area contributed by atoms with E-state index in [0.29, 0.717) is 18.8 Å². The Labute approximate surface area is 104 Å². The molecule has 6 heteroatoms. The minimum Gasteiger partial charge on any atom is -0.469 e. The zero-order chi connectivity index (χ0) is 12.8. The molecule has 1 heterocycles. The van der Waals surface area contributed by atoms with Crippen molar-refractivity contribution in [1.82, 2.24) is 9.88 Å². The van der Waals surface area contributed by atoms with E-state index in [4.69, 9.17) is 0 Å². The van der Waals surface area contributed by atoms with Gasteiger partial charge in [0, 0.05) is 18.5 Å². The van der Waals surface area contributed by atoms with E-state index in [2.05, 4.69) is 9.72 Å². The van der Waals surface area contributed by atoms with E-state index < -0.39 is 0 Å². The second kappa shape index (κ2) is 6.34. The first-order chi connectivity index (χ1) is 8.08. The van der Waals surface area contributed by atoms with Crippen LogP contribution in [0.25, 0.3) is 0 Å². The van der Waals surface area contributed by atoms with Crippen molar-refractivity contribution in [1.29, 1.82) is 0 Å². The predicted octanol–water partition coefficient (Wildman–Crippen LogP) is 1.48. The van der Waals surface area contributed by atoms with E-state index in [0.717, 1.165) is 5.01 Å². The first kappa shape index (κ1) is 13.6. The molecule has 0 aliphatic carbocycles. The smallest absolute Gasteiger partial charge is 0.307 e. The monoisotopic (exact) mass is 256 g/mol. The Balaban J connectivity index is 2.61. The maximum atomic E-state index is 12.0. The normalized spacial score (nSPS) is 10.1. The van der Waals surface area contributed by atoms with Gasteiger partial charge in [-0.15, -0.1) is 11.3 Å². The predicted molar refractivity (Wildman–Crippen MR) is 65.1 cm³/mol. The largest absolute Gasteiger partial charge is 0.469 e. The van der Waals surface area contributed by atoms with Gasteiger partial charge in [0.25, 0.3) is 5.91 Å². The Morgan fingerprint density at radius 2 is 2.24 bits per heavy atom. The second-order valence-corrected chi connectivity index (χ2v) is 4.52. The number of nitrogens with zero attached hydrogens (tertiary/aromatic N) is 2. The van der Waals surface area contributed by atoms with Crippen LogP contribution in [-0.2, 0) is 9.53 Å². The average Bonchev–Trinajstić information content (AvgIpc) is 2.76. The number of thiazole rings is 1. The molecule has 0 unspecified atom stereocenters. The van der Waals surface area contributed by atoms with Crippen molar-refractivity contribution in [2.24, 2.45) is 0 Å². The zero-order valence-corrected chi connectivity index (χ0v) is 11.0. The number of aryl methyl sites for hydroxylation is 1. The third-order valence-electron chi connectivity index (χ3n) is 2.32. The molecule has 0 atom stereocenters. The van der Waals surface area contributed by atoms with Gasteiger partial charge < -0.3 is 9.64 Å². The molecule has 94 valence electrons. The molecule has 0 saturated carbocycles. The van der Waals surface area contributed by atoms with Crippen LogP contribution in [0.5, 0.6) is 0 Å². The van der Waals surface area contributed by atoms with Crippen LogP contribution in [-0.4, -0.2) is 42.0 Å². The van der Waals surface area contributed by atoms with Gasteiger partial charge >= 0.3 is 5.97 Å². The van der Waals surface area contributed by atoms with E-state index in [1.165, 1.54) is 18.4 Å². The number of methoxy groups -OCH3 is 1. The van der Waals surface area contributed by atoms with Crippen LogP contribution < -0.4 is 0 Å². The number of hydrogen-bond acceptors (Lipinski definition) is 5. The molecule has 0 aliphatic heterocycles. The van der Waals surface area contributed by atoms with Gasteiger partial charge in [0.05, 0.1) is 18.5 Å². The van der Waals surface area contributed by atoms with E-state index >= 15 is 0 Å². The Morgan fingerprint density at radius 3 is 2.71 bits per heavy atom. The van der Waals surface area contributed by atoms with Crippen molar-refractivity contribution < 1.29 is 14.3 Å². The molecule has 5 nitrogen and oxygen atoms in total. The Bertz CT molecular complexity index is 403. The molecule has 1 aromatic heterocycles. The molecule has 0 saturated heterocycles. The maximum absolute atomic E-state index is 12.0. The molecule has 0 radical (unpaired) electrons. The number of rotatable bonds is 5. The third kappa shape index (κ3) is 3.81. The summed E-state index contributed by atoms with van der Waals surface area (Å²) in [5.74, 6) is -0.452. The lowest BCUT2D eigenvalue weighted by Crippen LogP contribution is -2.33. The number of carbonyl (C=O) groups excluding carboxylic acids is 2. The lowest BCUT2D eigenvalue weighted by molar-refractivity contribution is -0.140. The van der Waals surface area contributed by atoms with Crippen molar-refractivity contribution in [3.63, 3.8) is 0 Å². The van der Waals surface area contributed by atoms with Gasteiger partial charge in [-0.2, -0.15) is 0 Å². The Morgan fingerprint density at radius 1 is 1.53 bits per heavy atom. The minimum absolute atomic E-state index is 0.138. The van der Waals surface area contributed by atoms with Crippen LogP contribution >= 0.6 is 11.3 Å². The summed E-state index contributed by atoms with van der Waals surface area (Å²) in [6.07, 6.45) is 0.208. The van der Waals surface area contributed by atoms with Crippen LogP contribution in [0, 0.1) is 6.92 Å². The third-order valence-corrected chi connectivity index (χ3v) is 3.09. The van der Waals surface area contributed by atoms with Crippen molar-refractivity contribution in [2.45, 2.75) is 20.3 Å². The van der Waals surface area contributed by atoms with Gasteiger partial charge in [-0.1, -0.05) is 0 Å². The first-order valence-corrected chi connectivity index (χ1v) is 6.24. The molecule has 0 N–H and O–H groups in total. The average molecular weight is 256 g/mol. The van der Waals surface area contributed by atoms with Gasteiger partial charge in [0.1, 0.15) is 5.69 Å². The van der Waals surface area contributed by atoms with Crippen molar-refractivity contribution in [3.8, 4) is 0 Å². The summed E-state index contributed by atoms with van der Waals surface area (Å²) in [5, 5.41) is 2.59. The Hall–Kier alpha value is -1.43. The number of esters is 1. The fraction of sp³-hybridized carbons (Fsp3) is 0.545. The lowest BCUT2D eigenvalue weighted by Gasteiger charge is -2.18. The van der Waals surface area contributed by atoms with Gasteiger partial charge in [-0.25, -0.2) is 4.98 Å². The van der Waals surface area contributed by atoms with Crippen LogP contribution in [0.2, 0.25) is 0 Å². The number of amides is 1. The maximum Gasteiger partial charge on any atom is 0.307 e. The van der Waals surface area contributed by atoms with Crippen LogP contribution in [0.4, 0.5) is 0 Å². The highest BCUT2D eigenvalue weighted by Crippen LogP contribution is 2.10. The van der Waals surface area contributed by atoms with Gasteiger partial charge in [0.15, 0.2) is 0 Å². The molecule has 0 bridgehead atoms. The minimum atomic E-state index is -0.314. The standard InChI is InChI=1S/C11H16N2O3S/c1-4-13(6-5-10(14)16-3)11(15)9-7-17-8(2)12-9/h7H,4-6H2,1-3H3. The topological polar surface area (TPSA) is 59.5 Å². The molecule has 1 amide bonds. The van der Waals surface area contributed by atoms with Gasteiger partial charge in [-0.05, 0) is 13.8 Å². The van der Waals surface area contributed by atoms with Crippen LogP contribution in [0.3, 0.4) is 0 Å². The molecule has 0 spiro atoms. The summed E-state index contributed by atoms with van der Waals surface area (Å²) >= 11 is 1.44. The van der Waals surface area contributed by atoms with Crippen molar-refractivity contribution >= 4 is 23.2 Å². The molecule has 0 aromatic carbocycles. The Kier molecular flexibility index (Phi) is 5.09. The van der Waals surface area contributed by atoms with Crippen LogP contribution in [0.15, 0.2) is 5.38 Å². The number of hydrogen-bond donors (Lipinski definition) is 0. The highest BCUT2D eigenvalue weighted by molar-refractivity contribution is 7.09. The highest BCUT2D eigenvalue weighted by atomic mass is 32.1. The fourth-order valence-corrected chi connectivity index (χ4v) is 1.94. The van der Waals surface area contributed by atoms with E-state index in [9.17, 15) is 9.59 Å². The van der Waals surface area contributed by atoms with Gasteiger partial charge in [-0.3, -0.25) is 9.59 Å². The van der Waals surface area contributed by atoms with E-state index in [-0.39, 0.29) is 18.3 Å². The quantitative estimate of drug-likeness (QED) is 0.749. The summed E-state index contributed by atoms with van der Waals surface area (Å²) < 4.78 is 4.54. The highest BCUT2D eigenvalue weighted by Gasteiger charge is 2.17. The fourth-order valence-electron chi connectivity index (χ4n) is 1.36. The van der Waals surface area contributed by atoms with E-state index in [1.54, 1.807) is 10.3 Å². The number of carbonyl (C=O) groups is 2.